The first-order chi connectivity index (χ1) is 8.81. The summed E-state index contributed by atoms with van der Waals surface area (Å²) in [5.74, 6) is 0.972. The molecule has 3 heteroatoms. The predicted molar refractivity (Wildman–Crippen MR) is 75.9 cm³/mol. The third kappa shape index (κ3) is 3.13. The van der Waals surface area contributed by atoms with Gasteiger partial charge in [0.25, 0.3) is 0 Å². The van der Waals surface area contributed by atoms with Crippen molar-refractivity contribution in [2.75, 3.05) is 11.9 Å². The van der Waals surface area contributed by atoms with Crippen LogP contribution in [-0.2, 0) is 6.42 Å². The molecule has 1 unspecified atom stereocenters. The van der Waals surface area contributed by atoms with E-state index in [1.54, 1.807) is 0 Å². The van der Waals surface area contributed by atoms with Crippen molar-refractivity contribution >= 4 is 5.95 Å². The average molecular weight is 243 g/mol. The average Bonchev–Trinajstić information content (AvgIpc) is 2.86. The van der Waals surface area contributed by atoms with Gasteiger partial charge in [-0.05, 0) is 25.3 Å². The lowest BCUT2D eigenvalue weighted by Crippen LogP contribution is -2.13. The summed E-state index contributed by atoms with van der Waals surface area (Å²) >= 11 is 0. The SMILES string of the molecule is CCCNc1nccn1C(C)Cc1ccccc1. The van der Waals surface area contributed by atoms with E-state index in [1.807, 2.05) is 12.4 Å². The summed E-state index contributed by atoms with van der Waals surface area (Å²) in [6.45, 7) is 5.36. The lowest BCUT2D eigenvalue weighted by atomic mass is 10.1. The molecule has 0 fully saturated rings. The Hall–Kier alpha value is -1.77. The minimum Gasteiger partial charge on any atom is -0.356 e. The first kappa shape index (κ1) is 12.7. The van der Waals surface area contributed by atoms with Crippen molar-refractivity contribution < 1.29 is 0 Å². The van der Waals surface area contributed by atoms with Crippen LogP contribution in [0.4, 0.5) is 5.95 Å². The van der Waals surface area contributed by atoms with E-state index >= 15 is 0 Å². The van der Waals surface area contributed by atoms with E-state index in [2.05, 4.69) is 59.0 Å². The molecule has 0 amide bonds. The highest BCUT2D eigenvalue weighted by atomic mass is 15.2. The molecule has 0 saturated carbocycles. The molecule has 2 rings (SSSR count). The maximum Gasteiger partial charge on any atom is 0.203 e. The van der Waals surface area contributed by atoms with Crippen LogP contribution in [0, 0.1) is 0 Å². The molecule has 0 aliphatic rings. The van der Waals surface area contributed by atoms with E-state index in [9.17, 15) is 0 Å². The van der Waals surface area contributed by atoms with Crippen LogP contribution in [-0.4, -0.2) is 16.1 Å². The van der Waals surface area contributed by atoms with Gasteiger partial charge in [-0.15, -0.1) is 0 Å². The van der Waals surface area contributed by atoms with Crippen LogP contribution < -0.4 is 5.32 Å². The Morgan fingerprint density at radius 1 is 1.28 bits per heavy atom. The first-order valence-electron chi connectivity index (χ1n) is 6.62. The smallest absolute Gasteiger partial charge is 0.203 e. The second kappa shape index (κ2) is 6.24. The number of benzene rings is 1. The number of nitrogens with zero attached hydrogens (tertiary/aromatic N) is 2. The topological polar surface area (TPSA) is 29.9 Å². The maximum atomic E-state index is 4.37. The zero-order chi connectivity index (χ0) is 12.8. The van der Waals surface area contributed by atoms with Gasteiger partial charge in [-0.2, -0.15) is 0 Å². The Kier molecular flexibility index (Phi) is 4.40. The second-order valence-corrected chi connectivity index (χ2v) is 4.62. The Morgan fingerprint density at radius 3 is 2.78 bits per heavy atom. The molecule has 1 N–H and O–H groups in total. The van der Waals surface area contributed by atoms with E-state index in [-0.39, 0.29) is 0 Å². The van der Waals surface area contributed by atoms with Crippen molar-refractivity contribution in [3.63, 3.8) is 0 Å². The lowest BCUT2D eigenvalue weighted by Gasteiger charge is -2.17. The molecule has 1 aromatic heterocycles. The van der Waals surface area contributed by atoms with Gasteiger partial charge in [-0.25, -0.2) is 4.98 Å². The van der Waals surface area contributed by atoms with Crippen LogP contribution in [0.3, 0.4) is 0 Å². The molecular formula is C15H21N3. The second-order valence-electron chi connectivity index (χ2n) is 4.62. The van der Waals surface area contributed by atoms with Crippen LogP contribution >= 0.6 is 0 Å². The molecule has 96 valence electrons. The third-order valence-corrected chi connectivity index (χ3v) is 3.05. The molecule has 1 heterocycles. The zero-order valence-corrected chi connectivity index (χ0v) is 11.1. The highest BCUT2D eigenvalue weighted by Gasteiger charge is 2.09. The predicted octanol–water partition coefficient (Wildman–Crippen LogP) is 3.51. The van der Waals surface area contributed by atoms with E-state index in [0.29, 0.717) is 6.04 Å². The summed E-state index contributed by atoms with van der Waals surface area (Å²) in [6, 6.07) is 11.0. The molecule has 0 radical (unpaired) electrons. The van der Waals surface area contributed by atoms with Crippen molar-refractivity contribution in [1.29, 1.82) is 0 Å². The quantitative estimate of drug-likeness (QED) is 0.841. The van der Waals surface area contributed by atoms with Gasteiger partial charge in [0.1, 0.15) is 0 Å². The van der Waals surface area contributed by atoms with Gasteiger partial charge in [-0.1, -0.05) is 37.3 Å². The third-order valence-electron chi connectivity index (χ3n) is 3.05. The molecule has 18 heavy (non-hydrogen) atoms. The van der Waals surface area contributed by atoms with Crippen molar-refractivity contribution in [3.05, 3.63) is 48.3 Å². The number of hydrogen-bond acceptors (Lipinski definition) is 2. The Balaban J connectivity index is 2.04. The van der Waals surface area contributed by atoms with Crippen LogP contribution in [0.1, 0.15) is 31.9 Å². The van der Waals surface area contributed by atoms with Crippen molar-refractivity contribution in [3.8, 4) is 0 Å². The number of rotatable bonds is 6. The molecule has 0 aliphatic carbocycles. The van der Waals surface area contributed by atoms with Crippen LogP contribution in [0.2, 0.25) is 0 Å². The number of nitrogens with one attached hydrogen (secondary N) is 1. The van der Waals surface area contributed by atoms with Gasteiger partial charge in [0.15, 0.2) is 0 Å². The Bertz CT molecular complexity index is 462. The van der Waals surface area contributed by atoms with Crippen molar-refractivity contribution in [1.82, 2.24) is 9.55 Å². The van der Waals surface area contributed by atoms with Crippen molar-refractivity contribution in [2.45, 2.75) is 32.7 Å². The molecule has 0 bridgehead atoms. The fourth-order valence-electron chi connectivity index (χ4n) is 2.10. The number of anilines is 1. The van der Waals surface area contributed by atoms with Crippen LogP contribution in [0.5, 0.6) is 0 Å². The Morgan fingerprint density at radius 2 is 2.06 bits per heavy atom. The fraction of sp³-hybridized carbons (Fsp3) is 0.400. The molecule has 0 saturated heterocycles. The van der Waals surface area contributed by atoms with E-state index in [1.165, 1.54) is 5.56 Å². The molecule has 1 aromatic carbocycles. The summed E-state index contributed by atoms with van der Waals surface area (Å²) in [7, 11) is 0. The maximum absolute atomic E-state index is 4.37. The number of imidazole rings is 1. The van der Waals surface area contributed by atoms with E-state index in [0.717, 1.165) is 25.3 Å². The van der Waals surface area contributed by atoms with Crippen molar-refractivity contribution in [2.24, 2.45) is 0 Å². The summed E-state index contributed by atoms with van der Waals surface area (Å²) in [5, 5.41) is 3.36. The molecule has 1 atom stereocenters. The van der Waals surface area contributed by atoms with E-state index in [4.69, 9.17) is 0 Å². The highest BCUT2D eigenvalue weighted by molar-refractivity contribution is 5.27. The summed E-state index contributed by atoms with van der Waals surface area (Å²) in [4.78, 5) is 4.37. The van der Waals surface area contributed by atoms with Gasteiger partial charge in [0, 0.05) is 25.0 Å². The standard InChI is InChI=1S/C15H21N3/c1-3-9-16-15-17-10-11-18(15)13(2)12-14-7-5-4-6-8-14/h4-8,10-11,13H,3,9,12H2,1-2H3,(H,16,17). The minimum absolute atomic E-state index is 0.411. The minimum atomic E-state index is 0.411. The molecule has 2 aromatic rings. The van der Waals surface area contributed by atoms with Gasteiger partial charge in [0.05, 0.1) is 0 Å². The van der Waals surface area contributed by atoms with Gasteiger partial charge >= 0.3 is 0 Å². The monoisotopic (exact) mass is 243 g/mol. The van der Waals surface area contributed by atoms with Crippen LogP contribution in [0.25, 0.3) is 0 Å². The summed E-state index contributed by atoms with van der Waals surface area (Å²) < 4.78 is 2.21. The first-order valence-corrected chi connectivity index (χ1v) is 6.62. The number of aromatic nitrogens is 2. The molecule has 3 nitrogen and oxygen atoms in total. The lowest BCUT2D eigenvalue weighted by molar-refractivity contribution is 0.549. The zero-order valence-electron chi connectivity index (χ0n) is 11.1. The van der Waals surface area contributed by atoms with Crippen LogP contribution in [0.15, 0.2) is 42.7 Å². The normalized spacial score (nSPS) is 12.3. The molecule has 0 spiro atoms. The summed E-state index contributed by atoms with van der Waals surface area (Å²) in [6.07, 6.45) is 6.04. The largest absolute Gasteiger partial charge is 0.356 e. The van der Waals surface area contributed by atoms with Gasteiger partial charge in [0.2, 0.25) is 5.95 Å². The number of hydrogen-bond donors (Lipinski definition) is 1. The molecular weight excluding hydrogens is 222 g/mol. The van der Waals surface area contributed by atoms with E-state index < -0.39 is 0 Å². The van der Waals surface area contributed by atoms with Gasteiger partial charge < -0.3 is 9.88 Å². The highest BCUT2D eigenvalue weighted by Crippen LogP contribution is 2.18. The Labute approximate surface area is 109 Å². The fourth-order valence-corrected chi connectivity index (χ4v) is 2.10. The molecule has 0 aliphatic heterocycles. The summed E-state index contributed by atoms with van der Waals surface area (Å²) in [5.41, 5.74) is 1.36. The van der Waals surface area contributed by atoms with Gasteiger partial charge in [-0.3, -0.25) is 0 Å².